The maximum absolute atomic E-state index is 13.3. The SMILES string of the molecule is CC1=C[NH+]([O-])CCC1CC(/C(C)=C/C=C(\C)C(O)(C(F)(F)F)C(F)(F)F)c1ccc(OC(F)F)c(OC(F)F)c1. The summed E-state index contributed by atoms with van der Waals surface area (Å²) >= 11 is 0. The average Bonchev–Trinajstić information content (AvgIpc) is 2.80. The Morgan fingerprint density at radius 1 is 1.00 bits per heavy atom. The Morgan fingerprint density at radius 3 is 2.05 bits per heavy atom. The zero-order valence-electron chi connectivity index (χ0n) is 21.3. The van der Waals surface area contributed by atoms with Gasteiger partial charge in [0.15, 0.2) is 11.5 Å². The molecule has 0 amide bonds. The van der Waals surface area contributed by atoms with E-state index in [1.165, 1.54) is 19.2 Å². The van der Waals surface area contributed by atoms with E-state index in [0.717, 1.165) is 18.2 Å². The van der Waals surface area contributed by atoms with Gasteiger partial charge >= 0.3 is 25.6 Å². The molecule has 0 spiro atoms. The minimum Gasteiger partial charge on any atom is -0.629 e. The van der Waals surface area contributed by atoms with Crippen LogP contribution in [0.25, 0.3) is 0 Å². The van der Waals surface area contributed by atoms with E-state index in [1.807, 2.05) is 0 Å². The maximum Gasteiger partial charge on any atom is 0.430 e. The Labute approximate surface area is 222 Å². The highest BCUT2D eigenvalue weighted by Crippen LogP contribution is 2.47. The molecule has 0 bridgehead atoms. The molecular weight excluding hydrogens is 568 g/mol. The average molecular weight is 595 g/mol. The molecule has 0 fully saturated rings. The smallest absolute Gasteiger partial charge is 0.430 e. The first kappa shape index (κ1) is 33.4. The molecule has 1 aliphatic rings. The lowest BCUT2D eigenvalue weighted by molar-refractivity contribution is -0.795. The normalized spacial score (nSPS) is 20.6. The van der Waals surface area contributed by atoms with Crippen molar-refractivity contribution in [2.45, 2.75) is 70.7 Å². The maximum atomic E-state index is 13.3. The Balaban J connectivity index is 2.63. The number of alkyl halides is 10. The molecule has 3 unspecified atom stereocenters. The van der Waals surface area contributed by atoms with E-state index in [4.69, 9.17) is 0 Å². The van der Waals surface area contributed by atoms with E-state index in [9.17, 15) is 54.2 Å². The van der Waals surface area contributed by atoms with E-state index in [2.05, 4.69) is 9.47 Å². The van der Waals surface area contributed by atoms with E-state index in [-0.39, 0.29) is 35.1 Å². The number of rotatable bonds is 10. The van der Waals surface area contributed by atoms with Crippen LogP contribution in [-0.2, 0) is 0 Å². The molecule has 1 aliphatic heterocycles. The third-order valence-electron chi connectivity index (χ3n) is 6.63. The molecule has 0 aliphatic carbocycles. The summed E-state index contributed by atoms with van der Waals surface area (Å²) in [5.41, 5.74) is -5.69. The number of aliphatic hydroxyl groups is 1. The molecule has 40 heavy (non-hydrogen) atoms. The van der Waals surface area contributed by atoms with Gasteiger partial charge in [-0.25, -0.2) is 0 Å². The van der Waals surface area contributed by atoms with Crippen LogP contribution in [0, 0.1) is 11.1 Å². The first-order valence-electron chi connectivity index (χ1n) is 11.7. The monoisotopic (exact) mass is 595 g/mol. The molecule has 0 aromatic heterocycles. The molecule has 2 N–H and O–H groups in total. The number of benzene rings is 1. The predicted octanol–water partition coefficient (Wildman–Crippen LogP) is 6.42. The number of ether oxygens (including phenoxy) is 2. The summed E-state index contributed by atoms with van der Waals surface area (Å²) in [6, 6.07) is 3.08. The minimum absolute atomic E-state index is 0.122. The standard InChI is InChI=1S/C25H27F10NO4/c1-13(4-5-15(3)23(37,24(30,31)32)25(33,34)35)18(10-16-8-9-36(38)12-14(16)2)17-6-7-19(39-21(26)27)20(11-17)40-22(28)29/h4-7,11-12,16,18,21-22,36-37H,8-10H2,1-3H3/b13-4+,15-5+. The van der Waals surface area contributed by atoms with Crippen LogP contribution in [-0.4, -0.2) is 42.8 Å². The third-order valence-corrected chi connectivity index (χ3v) is 6.63. The molecule has 0 radical (unpaired) electrons. The number of hydrogen-bond donors (Lipinski definition) is 2. The molecule has 3 atom stereocenters. The van der Waals surface area contributed by atoms with Crippen LogP contribution in [0.4, 0.5) is 43.9 Å². The topological polar surface area (TPSA) is 66.2 Å². The molecule has 226 valence electrons. The minimum atomic E-state index is -6.09. The summed E-state index contributed by atoms with van der Waals surface area (Å²) in [6.45, 7) is -3.21. The van der Waals surface area contributed by atoms with Crippen molar-refractivity contribution in [2.75, 3.05) is 6.54 Å². The van der Waals surface area contributed by atoms with Crippen molar-refractivity contribution >= 4 is 0 Å². The molecule has 1 heterocycles. The van der Waals surface area contributed by atoms with Gasteiger partial charge < -0.3 is 24.9 Å². The van der Waals surface area contributed by atoms with Crippen molar-refractivity contribution in [1.82, 2.24) is 0 Å². The summed E-state index contributed by atoms with van der Waals surface area (Å²) in [7, 11) is 0. The van der Waals surface area contributed by atoms with Gasteiger partial charge in [-0.2, -0.15) is 43.9 Å². The van der Waals surface area contributed by atoms with E-state index in [1.54, 1.807) is 6.92 Å². The molecule has 2 rings (SSSR count). The Bertz CT molecular complexity index is 1100. The zero-order chi connectivity index (χ0) is 30.6. The zero-order valence-corrected chi connectivity index (χ0v) is 21.3. The van der Waals surface area contributed by atoms with Crippen molar-refractivity contribution in [1.29, 1.82) is 0 Å². The second kappa shape index (κ2) is 12.8. The van der Waals surface area contributed by atoms with Crippen LogP contribution >= 0.6 is 0 Å². The summed E-state index contributed by atoms with van der Waals surface area (Å²) < 4.78 is 139. The van der Waals surface area contributed by atoms with Gasteiger partial charge in [0.2, 0.25) is 0 Å². The molecular formula is C25H27F10NO4. The Kier molecular flexibility index (Phi) is 10.7. The molecule has 0 saturated heterocycles. The van der Waals surface area contributed by atoms with Crippen LogP contribution in [0.1, 0.15) is 45.1 Å². The van der Waals surface area contributed by atoms with Gasteiger partial charge in [0.25, 0.3) is 5.60 Å². The number of quaternary nitrogens is 1. The van der Waals surface area contributed by atoms with Crippen LogP contribution in [0.3, 0.4) is 0 Å². The van der Waals surface area contributed by atoms with Crippen molar-refractivity contribution in [2.24, 2.45) is 5.92 Å². The largest absolute Gasteiger partial charge is 0.629 e. The summed E-state index contributed by atoms with van der Waals surface area (Å²) in [5, 5.41) is 21.2. The molecule has 1 aromatic carbocycles. The molecule has 15 heteroatoms. The number of allylic oxidation sites excluding steroid dienone is 4. The number of hydroxylamine groups is 2. The highest BCUT2D eigenvalue weighted by molar-refractivity contribution is 5.46. The summed E-state index contributed by atoms with van der Waals surface area (Å²) in [4.78, 5) is 0. The lowest BCUT2D eigenvalue weighted by Crippen LogP contribution is -3.03. The van der Waals surface area contributed by atoms with Crippen LogP contribution in [0.2, 0.25) is 0 Å². The van der Waals surface area contributed by atoms with Gasteiger partial charge in [-0.1, -0.05) is 23.8 Å². The first-order chi connectivity index (χ1) is 18.3. The summed E-state index contributed by atoms with van der Waals surface area (Å²) in [5.74, 6) is -2.67. The third kappa shape index (κ3) is 7.91. The molecule has 0 saturated carbocycles. The Morgan fingerprint density at radius 2 is 1.55 bits per heavy atom. The van der Waals surface area contributed by atoms with Crippen molar-refractivity contribution < 1.29 is 63.5 Å². The van der Waals surface area contributed by atoms with Gasteiger partial charge in [0.05, 0.1) is 12.7 Å². The van der Waals surface area contributed by atoms with Gasteiger partial charge in [0, 0.05) is 12.3 Å². The number of hydrogen-bond acceptors (Lipinski definition) is 4. The second-order valence-electron chi connectivity index (χ2n) is 9.31. The highest BCUT2D eigenvalue weighted by atomic mass is 19.4. The first-order valence-corrected chi connectivity index (χ1v) is 11.7. The number of nitrogens with one attached hydrogen (secondary N) is 1. The van der Waals surface area contributed by atoms with E-state index in [0.29, 0.717) is 25.0 Å². The van der Waals surface area contributed by atoms with E-state index >= 15 is 0 Å². The van der Waals surface area contributed by atoms with Gasteiger partial charge in [0.1, 0.15) is 0 Å². The van der Waals surface area contributed by atoms with Gasteiger partial charge in [-0.15, -0.1) is 0 Å². The van der Waals surface area contributed by atoms with E-state index < -0.39 is 54.2 Å². The fourth-order valence-corrected chi connectivity index (χ4v) is 4.39. The lowest BCUT2D eigenvalue weighted by atomic mass is 9.79. The molecule has 5 nitrogen and oxygen atoms in total. The quantitative estimate of drug-likeness (QED) is 0.186. The van der Waals surface area contributed by atoms with Crippen LogP contribution < -0.4 is 14.5 Å². The van der Waals surface area contributed by atoms with Gasteiger partial charge in [-0.3, -0.25) is 0 Å². The van der Waals surface area contributed by atoms with Crippen molar-refractivity contribution in [3.8, 4) is 11.5 Å². The van der Waals surface area contributed by atoms with Crippen molar-refractivity contribution in [3.63, 3.8) is 0 Å². The molecule has 1 aromatic rings. The predicted molar refractivity (Wildman–Crippen MR) is 123 cm³/mol. The number of halogens is 10. The summed E-state index contributed by atoms with van der Waals surface area (Å²) in [6.07, 6.45) is -8.96. The Hall–Kier alpha value is -2.78. The van der Waals surface area contributed by atoms with Crippen molar-refractivity contribution in [3.05, 3.63) is 64.0 Å². The fraction of sp³-hybridized carbons (Fsp3) is 0.520. The second-order valence-corrected chi connectivity index (χ2v) is 9.31. The lowest BCUT2D eigenvalue weighted by Gasteiger charge is -2.33. The van der Waals surface area contributed by atoms with Gasteiger partial charge in [-0.05, 0) is 62.0 Å². The van der Waals surface area contributed by atoms with Crippen LogP contribution in [0.15, 0.2) is 53.3 Å². The highest BCUT2D eigenvalue weighted by Gasteiger charge is 2.71. The fourth-order valence-electron chi connectivity index (χ4n) is 4.39. The van der Waals surface area contributed by atoms with Crippen LogP contribution in [0.5, 0.6) is 11.5 Å².